The van der Waals surface area contributed by atoms with Crippen molar-refractivity contribution in [3.63, 3.8) is 0 Å². The van der Waals surface area contributed by atoms with Gasteiger partial charge in [0.1, 0.15) is 11.9 Å². The van der Waals surface area contributed by atoms with E-state index < -0.39 is 0 Å². The third-order valence-corrected chi connectivity index (χ3v) is 2.52. The number of nitrogens with zero attached hydrogens (tertiary/aromatic N) is 2. The summed E-state index contributed by atoms with van der Waals surface area (Å²) in [5.41, 5.74) is 1.11. The monoisotopic (exact) mass is 195 g/mol. The van der Waals surface area contributed by atoms with Gasteiger partial charge in [-0.15, -0.1) is 0 Å². The summed E-state index contributed by atoms with van der Waals surface area (Å²) in [4.78, 5) is 15.5. The molecule has 0 fully saturated rings. The van der Waals surface area contributed by atoms with E-state index in [1.54, 1.807) is 0 Å². The number of carbonyl (C=O) groups is 1. The number of aromatic nitrogens is 2. The predicted molar refractivity (Wildman–Crippen MR) is 49.6 cm³/mol. The maximum atomic E-state index is 11.3. The molecule has 2 rings (SSSR count). The number of aryl methyl sites for hydroxylation is 1. The number of rotatable bonds is 1. The third kappa shape index (κ3) is 1.39. The zero-order valence-corrected chi connectivity index (χ0v) is 8.28. The van der Waals surface area contributed by atoms with Crippen molar-refractivity contribution in [1.29, 1.82) is 0 Å². The fourth-order valence-corrected chi connectivity index (χ4v) is 1.68. The first-order chi connectivity index (χ1) is 6.72. The molecule has 0 aromatic carbocycles. The first-order valence-corrected chi connectivity index (χ1v) is 4.54. The molecule has 76 valence electrons. The Labute approximate surface area is 82.1 Å². The fourth-order valence-electron chi connectivity index (χ4n) is 1.68. The highest BCUT2D eigenvalue weighted by Crippen LogP contribution is 2.11. The van der Waals surface area contributed by atoms with Gasteiger partial charge in [-0.1, -0.05) is 0 Å². The normalized spacial score (nSPS) is 20.3. The van der Waals surface area contributed by atoms with Crippen molar-refractivity contribution in [1.82, 2.24) is 14.9 Å². The van der Waals surface area contributed by atoms with E-state index in [1.165, 1.54) is 7.11 Å². The summed E-state index contributed by atoms with van der Waals surface area (Å²) in [7, 11) is 1.40. The van der Waals surface area contributed by atoms with Gasteiger partial charge in [0.25, 0.3) is 0 Å². The Balaban J connectivity index is 2.20. The van der Waals surface area contributed by atoms with Crippen molar-refractivity contribution >= 4 is 5.97 Å². The molecule has 0 amide bonds. The van der Waals surface area contributed by atoms with Crippen molar-refractivity contribution < 1.29 is 9.53 Å². The summed E-state index contributed by atoms with van der Waals surface area (Å²) in [6.07, 6.45) is 1.83. The summed E-state index contributed by atoms with van der Waals surface area (Å²) in [6.45, 7) is 3.21. The van der Waals surface area contributed by atoms with E-state index in [2.05, 4.69) is 15.0 Å². The van der Waals surface area contributed by atoms with E-state index in [0.717, 1.165) is 11.5 Å². The minimum Gasteiger partial charge on any atom is -0.468 e. The summed E-state index contributed by atoms with van der Waals surface area (Å²) >= 11 is 0. The van der Waals surface area contributed by atoms with Crippen molar-refractivity contribution in [2.24, 2.45) is 0 Å². The fraction of sp³-hybridized carbons (Fsp3) is 0.556. The Morgan fingerprint density at radius 3 is 3.29 bits per heavy atom. The molecule has 5 heteroatoms. The lowest BCUT2D eigenvalue weighted by atomic mass is 10.2. The van der Waals surface area contributed by atoms with Gasteiger partial charge in [-0.3, -0.25) is 10.1 Å². The summed E-state index contributed by atoms with van der Waals surface area (Å²) in [5.74, 6) is 0.721. The average Bonchev–Trinajstić information content (AvgIpc) is 2.59. The second-order valence-electron chi connectivity index (χ2n) is 3.36. The van der Waals surface area contributed by atoms with Crippen LogP contribution in [-0.2, 0) is 22.6 Å². The molecule has 1 aromatic heterocycles. The molecule has 0 saturated heterocycles. The number of esters is 1. The number of fused-ring (bicyclic) bond motifs is 1. The molecule has 1 atom stereocenters. The number of carbonyl (C=O) groups excluding carboxylic acids is 1. The third-order valence-electron chi connectivity index (χ3n) is 2.52. The molecule has 14 heavy (non-hydrogen) atoms. The summed E-state index contributed by atoms with van der Waals surface area (Å²) < 4.78 is 6.73. The second kappa shape index (κ2) is 3.42. The van der Waals surface area contributed by atoms with Gasteiger partial charge in [-0.25, -0.2) is 4.98 Å². The van der Waals surface area contributed by atoms with E-state index in [-0.39, 0.29) is 12.0 Å². The van der Waals surface area contributed by atoms with Crippen LogP contribution in [0.1, 0.15) is 11.5 Å². The second-order valence-corrected chi connectivity index (χ2v) is 3.36. The number of nitrogens with one attached hydrogen (secondary N) is 1. The molecule has 0 radical (unpaired) electrons. The highest BCUT2D eigenvalue weighted by atomic mass is 16.5. The standard InChI is InChI=1S/C9H13N3O2/c1-6-10-3-7-4-11-8(5-12(6)7)9(13)14-2/h3,8,11H,4-5H2,1-2H3. The molecule has 0 spiro atoms. The van der Waals surface area contributed by atoms with E-state index in [0.29, 0.717) is 13.1 Å². The first-order valence-electron chi connectivity index (χ1n) is 4.54. The van der Waals surface area contributed by atoms with Crippen LogP contribution >= 0.6 is 0 Å². The van der Waals surface area contributed by atoms with E-state index in [1.807, 2.05) is 17.7 Å². The molecule has 1 aromatic rings. The number of methoxy groups -OCH3 is 1. The van der Waals surface area contributed by atoms with Crippen LogP contribution in [0.5, 0.6) is 0 Å². The predicted octanol–water partition coefficient (Wildman–Crippen LogP) is -0.164. The van der Waals surface area contributed by atoms with Crippen LogP contribution < -0.4 is 5.32 Å². The first kappa shape index (κ1) is 9.21. The minimum atomic E-state index is -0.250. The zero-order valence-electron chi connectivity index (χ0n) is 8.28. The molecule has 0 bridgehead atoms. The Bertz CT molecular complexity index is 359. The van der Waals surface area contributed by atoms with Crippen LogP contribution in [0, 0.1) is 6.92 Å². The summed E-state index contributed by atoms with van der Waals surface area (Å²) in [5, 5.41) is 3.10. The SMILES string of the molecule is COC(=O)C1Cn2c(cnc2C)CN1. The highest BCUT2D eigenvalue weighted by Gasteiger charge is 2.25. The molecule has 2 heterocycles. The highest BCUT2D eigenvalue weighted by molar-refractivity contribution is 5.75. The van der Waals surface area contributed by atoms with Crippen LogP contribution in [0.4, 0.5) is 0 Å². The van der Waals surface area contributed by atoms with Crippen molar-refractivity contribution in [2.45, 2.75) is 26.1 Å². The largest absolute Gasteiger partial charge is 0.468 e. The number of ether oxygens (including phenoxy) is 1. The maximum Gasteiger partial charge on any atom is 0.324 e. The molecule has 1 aliphatic rings. The van der Waals surface area contributed by atoms with Gasteiger partial charge < -0.3 is 9.30 Å². The molecule has 1 aliphatic heterocycles. The lowest BCUT2D eigenvalue weighted by Crippen LogP contribution is -2.45. The van der Waals surface area contributed by atoms with Crippen LogP contribution in [0.25, 0.3) is 0 Å². The number of hydrogen-bond acceptors (Lipinski definition) is 4. The smallest absolute Gasteiger partial charge is 0.324 e. The van der Waals surface area contributed by atoms with Crippen LogP contribution in [0.15, 0.2) is 6.20 Å². The van der Waals surface area contributed by atoms with E-state index in [4.69, 9.17) is 0 Å². The van der Waals surface area contributed by atoms with Gasteiger partial charge in [0.2, 0.25) is 0 Å². The Morgan fingerprint density at radius 2 is 2.57 bits per heavy atom. The van der Waals surface area contributed by atoms with E-state index >= 15 is 0 Å². The molecular formula is C9H13N3O2. The molecule has 0 saturated carbocycles. The number of hydrogen-bond donors (Lipinski definition) is 1. The van der Waals surface area contributed by atoms with E-state index in [9.17, 15) is 4.79 Å². The maximum absolute atomic E-state index is 11.3. The lowest BCUT2D eigenvalue weighted by molar-refractivity contribution is -0.143. The Hall–Kier alpha value is -1.36. The molecular weight excluding hydrogens is 182 g/mol. The topological polar surface area (TPSA) is 56.2 Å². The van der Waals surface area contributed by atoms with Gasteiger partial charge in [0.15, 0.2) is 0 Å². The summed E-state index contributed by atoms with van der Waals surface area (Å²) in [6, 6.07) is -0.250. The van der Waals surface area contributed by atoms with Crippen molar-refractivity contribution in [3.05, 3.63) is 17.7 Å². The lowest BCUT2D eigenvalue weighted by Gasteiger charge is -2.24. The van der Waals surface area contributed by atoms with Crippen molar-refractivity contribution in [2.75, 3.05) is 7.11 Å². The molecule has 0 aliphatic carbocycles. The average molecular weight is 195 g/mol. The Kier molecular flexibility index (Phi) is 2.25. The van der Waals surface area contributed by atoms with Crippen LogP contribution in [-0.4, -0.2) is 28.7 Å². The van der Waals surface area contributed by atoms with Gasteiger partial charge in [0.05, 0.1) is 19.3 Å². The van der Waals surface area contributed by atoms with Crippen LogP contribution in [0.2, 0.25) is 0 Å². The molecule has 1 N–H and O–H groups in total. The van der Waals surface area contributed by atoms with Crippen LogP contribution in [0.3, 0.4) is 0 Å². The van der Waals surface area contributed by atoms with Gasteiger partial charge in [-0.2, -0.15) is 0 Å². The molecule has 1 unspecified atom stereocenters. The minimum absolute atomic E-state index is 0.219. The van der Waals surface area contributed by atoms with Gasteiger partial charge in [-0.05, 0) is 6.92 Å². The van der Waals surface area contributed by atoms with Crippen molar-refractivity contribution in [3.8, 4) is 0 Å². The van der Waals surface area contributed by atoms with Gasteiger partial charge >= 0.3 is 5.97 Å². The zero-order chi connectivity index (χ0) is 10.1. The van der Waals surface area contributed by atoms with Gasteiger partial charge in [0, 0.05) is 12.7 Å². The molecule has 5 nitrogen and oxygen atoms in total. The quantitative estimate of drug-likeness (QED) is 0.632. The number of imidazole rings is 1. The Morgan fingerprint density at radius 1 is 1.79 bits per heavy atom.